The molecule has 0 aliphatic carbocycles. The summed E-state index contributed by atoms with van der Waals surface area (Å²) in [6, 6.07) is 4.31. The smallest absolute Gasteiger partial charge is 0.243 e. The van der Waals surface area contributed by atoms with Gasteiger partial charge in [0.25, 0.3) is 0 Å². The quantitative estimate of drug-likeness (QED) is 0.726. The molecule has 1 amide bonds. The Kier molecular flexibility index (Phi) is 9.42. The first-order valence-corrected chi connectivity index (χ1v) is 8.84. The average molecular weight is 405 g/mol. The fourth-order valence-electron chi connectivity index (χ4n) is 1.68. The summed E-state index contributed by atoms with van der Waals surface area (Å²) in [6.07, 6.45) is 0.0160. The third-order valence-electron chi connectivity index (χ3n) is 3.21. The second-order valence-electron chi connectivity index (χ2n) is 4.79. The number of nitrogens with one attached hydrogen (secondary N) is 1. The molecule has 1 aromatic carbocycles. The molecule has 10 heteroatoms. The molecule has 1 unspecified atom stereocenters. The van der Waals surface area contributed by atoms with E-state index in [2.05, 4.69) is 4.72 Å². The highest BCUT2D eigenvalue weighted by atomic mass is 35.5. The van der Waals surface area contributed by atoms with E-state index in [9.17, 15) is 13.2 Å². The van der Waals surface area contributed by atoms with Gasteiger partial charge < -0.3 is 10.6 Å². The Morgan fingerprint density at radius 3 is 2.35 bits per heavy atom. The van der Waals surface area contributed by atoms with Crippen LogP contribution >= 0.6 is 35.6 Å². The van der Waals surface area contributed by atoms with Crippen molar-refractivity contribution in [2.75, 3.05) is 20.1 Å². The predicted molar refractivity (Wildman–Crippen MR) is 94.8 cm³/mol. The first kappa shape index (κ1) is 22.4. The summed E-state index contributed by atoms with van der Waals surface area (Å²) >= 11 is 11.7. The Morgan fingerprint density at radius 2 is 1.87 bits per heavy atom. The number of amides is 1. The number of likely N-dealkylation sites (N-methyl/N-ethyl adjacent to an activating group) is 1. The fraction of sp³-hybridized carbons (Fsp3) is 0.462. The highest BCUT2D eigenvalue weighted by Crippen LogP contribution is 2.28. The van der Waals surface area contributed by atoms with Crippen molar-refractivity contribution in [3.63, 3.8) is 0 Å². The maximum Gasteiger partial charge on any atom is 0.243 e. The lowest BCUT2D eigenvalue weighted by Crippen LogP contribution is -2.41. The van der Waals surface area contributed by atoms with Crippen LogP contribution in [0, 0.1) is 0 Å². The monoisotopic (exact) mass is 403 g/mol. The summed E-state index contributed by atoms with van der Waals surface area (Å²) in [7, 11) is -2.25. The van der Waals surface area contributed by atoms with E-state index in [-0.39, 0.29) is 52.3 Å². The normalized spacial score (nSPS) is 12.4. The summed E-state index contributed by atoms with van der Waals surface area (Å²) < 4.78 is 26.7. The summed E-state index contributed by atoms with van der Waals surface area (Å²) in [5.74, 6) is -0.203. The van der Waals surface area contributed by atoms with E-state index in [0.717, 1.165) is 0 Å². The van der Waals surface area contributed by atoms with Gasteiger partial charge in [-0.2, -0.15) is 0 Å². The molecule has 0 bridgehead atoms. The number of sulfonamides is 1. The van der Waals surface area contributed by atoms with Crippen molar-refractivity contribution in [3.8, 4) is 0 Å². The molecular weight excluding hydrogens is 385 g/mol. The lowest BCUT2D eigenvalue weighted by molar-refractivity contribution is -0.131. The number of nitrogens with zero attached hydrogens (tertiary/aromatic N) is 1. The summed E-state index contributed by atoms with van der Waals surface area (Å²) in [6.45, 7) is 2.10. The molecule has 0 spiro atoms. The van der Waals surface area contributed by atoms with Gasteiger partial charge >= 0.3 is 0 Å². The van der Waals surface area contributed by atoms with Gasteiger partial charge in [-0.15, -0.1) is 12.4 Å². The summed E-state index contributed by atoms with van der Waals surface area (Å²) in [5.41, 5.74) is 5.48. The molecule has 6 nitrogen and oxygen atoms in total. The highest BCUT2D eigenvalue weighted by molar-refractivity contribution is 7.89. The topological polar surface area (TPSA) is 92.5 Å². The Labute approximate surface area is 152 Å². The minimum atomic E-state index is -3.88. The van der Waals surface area contributed by atoms with Crippen LogP contribution in [-0.4, -0.2) is 45.4 Å². The number of halogens is 3. The number of carbonyl (C=O) groups excluding carboxylic acids is 1. The number of hydrogen-bond acceptors (Lipinski definition) is 4. The first-order chi connectivity index (χ1) is 10.2. The fourth-order valence-corrected chi connectivity index (χ4v) is 3.86. The number of carbonyl (C=O) groups is 1. The molecule has 1 aromatic rings. The van der Waals surface area contributed by atoms with Gasteiger partial charge in [0.15, 0.2) is 0 Å². The Morgan fingerprint density at radius 1 is 1.35 bits per heavy atom. The van der Waals surface area contributed by atoms with Crippen molar-refractivity contribution in [2.45, 2.75) is 24.3 Å². The maximum atomic E-state index is 12.2. The van der Waals surface area contributed by atoms with Crippen LogP contribution in [-0.2, 0) is 14.8 Å². The highest BCUT2D eigenvalue weighted by Gasteiger charge is 2.22. The van der Waals surface area contributed by atoms with Crippen LogP contribution in [0.2, 0.25) is 10.0 Å². The van der Waals surface area contributed by atoms with E-state index in [1.807, 2.05) is 6.92 Å². The molecule has 0 aromatic heterocycles. The lowest BCUT2D eigenvalue weighted by Gasteiger charge is -2.23. The Hall–Kier alpha value is -0.570. The maximum absolute atomic E-state index is 12.2. The van der Waals surface area contributed by atoms with Crippen molar-refractivity contribution < 1.29 is 13.2 Å². The molecule has 23 heavy (non-hydrogen) atoms. The second kappa shape index (κ2) is 9.66. The number of benzene rings is 1. The van der Waals surface area contributed by atoms with Gasteiger partial charge in [0.1, 0.15) is 4.90 Å². The van der Waals surface area contributed by atoms with Gasteiger partial charge in [0, 0.05) is 32.6 Å². The van der Waals surface area contributed by atoms with E-state index in [1.54, 1.807) is 13.1 Å². The third kappa shape index (κ3) is 6.10. The molecular formula is C13H20Cl3N3O3S. The predicted octanol–water partition coefficient (Wildman–Crippen LogP) is 1.89. The minimum Gasteiger partial charge on any atom is -0.342 e. The van der Waals surface area contributed by atoms with Gasteiger partial charge in [-0.3, -0.25) is 4.79 Å². The molecule has 0 heterocycles. The van der Waals surface area contributed by atoms with Crippen molar-refractivity contribution in [1.82, 2.24) is 9.62 Å². The summed E-state index contributed by atoms with van der Waals surface area (Å²) in [4.78, 5) is 13.2. The van der Waals surface area contributed by atoms with Crippen molar-refractivity contribution in [1.29, 1.82) is 0 Å². The van der Waals surface area contributed by atoms with Gasteiger partial charge in [0.2, 0.25) is 15.9 Å². The van der Waals surface area contributed by atoms with E-state index in [4.69, 9.17) is 28.9 Å². The zero-order chi connectivity index (χ0) is 16.9. The molecule has 0 fully saturated rings. The van der Waals surface area contributed by atoms with Crippen LogP contribution in [0.5, 0.6) is 0 Å². The van der Waals surface area contributed by atoms with E-state index < -0.39 is 10.0 Å². The van der Waals surface area contributed by atoms with Crippen LogP contribution in [0.15, 0.2) is 23.1 Å². The van der Waals surface area contributed by atoms with Crippen LogP contribution < -0.4 is 10.5 Å². The molecule has 0 saturated carbocycles. The second-order valence-corrected chi connectivity index (χ2v) is 7.31. The average Bonchev–Trinajstić information content (AvgIpc) is 2.44. The van der Waals surface area contributed by atoms with Crippen molar-refractivity contribution in [2.24, 2.45) is 5.73 Å². The molecule has 1 rings (SSSR count). The van der Waals surface area contributed by atoms with E-state index in [1.165, 1.54) is 17.0 Å². The van der Waals surface area contributed by atoms with Crippen molar-refractivity contribution in [3.05, 3.63) is 28.2 Å². The standard InChI is InChI=1S/C13H19Cl2N3O3S.ClH/c1-9(8-16)18(2)12(19)6-7-17-22(20,21)13-10(14)4-3-5-11(13)15;/h3-5,9,17H,6-8,16H2,1-2H3;1H. The number of hydrogen-bond donors (Lipinski definition) is 2. The van der Waals surface area contributed by atoms with Crippen LogP contribution in [0.25, 0.3) is 0 Å². The first-order valence-electron chi connectivity index (χ1n) is 6.60. The molecule has 0 saturated heterocycles. The SMILES string of the molecule is CC(CN)N(C)C(=O)CCNS(=O)(=O)c1c(Cl)cccc1Cl.Cl. The zero-order valence-corrected chi connectivity index (χ0v) is 15.9. The largest absolute Gasteiger partial charge is 0.342 e. The molecule has 1 atom stereocenters. The molecule has 0 radical (unpaired) electrons. The van der Waals surface area contributed by atoms with Gasteiger partial charge in [-0.25, -0.2) is 13.1 Å². The summed E-state index contributed by atoms with van der Waals surface area (Å²) in [5, 5.41) is 0.0559. The molecule has 132 valence electrons. The van der Waals surface area contributed by atoms with Gasteiger partial charge in [0.05, 0.1) is 10.0 Å². The molecule has 0 aliphatic heterocycles. The Balaban J connectivity index is 0.00000484. The molecule has 0 aliphatic rings. The number of nitrogens with two attached hydrogens (primary N) is 1. The number of rotatable bonds is 7. The minimum absolute atomic E-state index is 0. The van der Waals surface area contributed by atoms with Crippen LogP contribution in [0.3, 0.4) is 0 Å². The van der Waals surface area contributed by atoms with Crippen LogP contribution in [0.4, 0.5) is 0 Å². The zero-order valence-electron chi connectivity index (χ0n) is 12.8. The van der Waals surface area contributed by atoms with Crippen molar-refractivity contribution >= 4 is 51.5 Å². The third-order valence-corrected chi connectivity index (χ3v) is 5.63. The van der Waals surface area contributed by atoms with Gasteiger partial charge in [-0.1, -0.05) is 29.3 Å². The van der Waals surface area contributed by atoms with Crippen LogP contribution in [0.1, 0.15) is 13.3 Å². The molecule has 3 N–H and O–H groups in total. The van der Waals surface area contributed by atoms with Gasteiger partial charge in [-0.05, 0) is 19.1 Å². The van der Waals surface area contributed by atoms with E-state index >= 15 is 0 Å². The lowest BCUT2D eigenvalue weighted by atomic mass is 10.2. The van der Waals surface area contributed by atoms with E-state index in [0.29, 0.717) is 6.54 Å². The Bertz CT molecular complexity index is 620.